The summed E-state index contributed by atoms with van der Waals surface area (Å²) in [5, 5.41) is 15.1. The molecule has 28 heavy (non-hydrogen) atoms. The first-order valence-corrected chi connectivity index (χ1v) is 8.72. The van der Waals surface area contributed by atoms with Gasteiger partial charge >= 0.3 is 0 Å². The lowest BCUT2D eigenvalue weighted by Crippen LogP contribution is -2.36. The summed E-state index contributed by atoms with van der Waals surface area (Å²) >= 11 is 0. The van der Waals surface area contributed by atoms with Gasteiger partial charge in [0.1, 0.15) is 17.2 Å². The third kappa shape index (κ3) is 7.35. The van der Waals surface area contributed by atoms with Crippen LogP contribution in [0.3, 0.4) is 0 Å². The molecule has 0 fully saturated rings. The smallest absolute Gasteiger partial charge is 0.191 e. The van der Waals surface area contributed by atoms with Crippen molar-refractivity contribution in [1.82, 2.24) is 10.6 Å². The second-order valence-electron chi connectivity index (χ2n) is 7.02. The molecule has 0 aliphatic rings. The molecule has 0 bridgehead atoms. The molecule has 0 aromatic heterocycles. The van der Waals surface area contributed by atoms with Gasteiger partial charge in [0.2, 0.25) is 0 Å². The normalized spacial score (nSPS) is 11.2. The number of halogens is 2. The van der Waals surface area contributed by atoms with Crippen molar-refractivity contribution in [2.75, 3.05) is 7.05 Å². The zero-order valence-electron chi connectivity index (χ0n) is 16.5. The molecule has 0 saturated heterocycles. The van der Waals surface area contributed by atoms with Crippen molar-refractivity contribution in [3.63, 3.8) is 0 Å². The second-order valence-corrected chi connectivity index (χ2v) is 7.02. The number of benzene rings is 2. The third-order valence-electron chi connectivity index (χ3n) is 3.69. The maximum atomic E-state index is 14.0. The molecular formula is C21H26FIN4O. The molecule has 0 aliphatic heterocycles. The molecule has 0 aliphatic carbocycles. The van der Waals surface area contributed by atoms with Crippen LogP contribution in [0.2, 0.25) is 0 Å². The fourth-order valence-electron chi connectivity index (χ4n) is 2.42. The van der Waals surface area contributed by atoms with Crippen LogP contribution in [0.1, 0.15) is 37.5 Å². The molecule has 2 N–H and O–H groups in total. The molecule has 150 valence electrons. The number of nitriles is 1. The van der Waals surface area contributed by atoms with Crippen LogP contribution in [0, 0.1) is 17.1 Å². The molecule has 0 saturated carbocycles. The van der Waals surface area contributed by atoms with Gasteiger partial charge in [0.05, 0.1) is 11.6 Å². The van der Waals surface area contributed by atoms with Gasteiger partial charge in [0.15, 0.2) is 5.96 Å². The zero-order valence-corrected chi connectivity index (χ0v) is 18.9. The number of nitrogens with zero attached hydrogens (tertiary/aromatic N) is 2. The largest absolute Gasteiger partial charge is 0.488 e. The molecule has 2 aromatic carbocycles. The summed E-state index contributed by atoms with van der Waals surface area (Å²) < 4.78 is 20.0. The van der Waals surface area contributed by atoms with E-state index in [-0.39, 0.29) is 36.1 Å². The highest BCUT2D eigenvalue weighted by Crippen LogP contribution is 2.22. The SMILES string of the molecule is CN=C(NCc1ccc(C#N)cc1F)NCc1ccccc1OC(C)(C)C.I. The number of ether oxygens (including phenoxy) is 1. The number of hydrogen-bond acceptors (Lipinski definition) is 3. The zero-order chi connectivity index (χ0) is 19.9. The van der Waals surface area contributed by atoms with E-state index in [9.17, 15) is 4.39 Å². The molecule has 0 amide bonds. The molecule has 5 nitrogen and oxygen atoms in total. The number of nitrogens with one attached hydrogen (secondary N) is 2. The van der Waals surface area contributed by atoms with E-state index >= 15 is 0 Å². The van der Waals surface area contributed by atoms with Crippen LogP contribution < -0.4 is 15.4 Å². The van der Waals surface area contributed by atoms with Crippen molar-refractivity contribution in [3.8, 4) is 11.8 Å². The van der Waals surface area contributed by atoms with Crippen LogP contribution in [0.25, 0.3) is 0 Å². The molecular weight excluding hydrogens is 470 g/mol. The van der Waals surface area contributed by atoms with Crippen LogP contribution >= 0.6 is 24.0 Å². The van der Waals surface area contributed by atoms with Gasteiger partial charge < -0.3 is 15.4 Å². The molecule has 0 atom stereocenters. The lowest BCUT2D eigenvalue weighted by atomic mass is 10.1. The predicted octanol–water partition coefficient (Wildman–Crippen LogP) is 4.36. The summed E-state index contributed by atoms with van der Waals surface area (Å²) in [4.78, 5) is 4.16. The molecule has 2 aromatic rings. The number of hydrogen-bond donors (Lipinski definition) is 2. The minimum absolute atomic E-state index is 0. The average Bonchev–Trinajstić information content (AvgIpc) is 2.62. The first-order chi connectivity index (χ1) is 12.8. The summed E-state index contributed by atoms with van der Waals surface area (Å²) in [6.45, 7) is 6.79. The molecule has 2 rings (SSSR count). The third-order valence-corrected chi connectivity index (χ3v) is 3.69. The van der Waals surface area contributed by atoms with Crippen molar-refractivity contribution in [1.29, 1.82) is 5.26 Å². The quantitative estimate of drug-likeness (QED) is 0.367. The van der Waals surface area contributed by atoms with Crippen molar-refractivity contribution in [2.45, 2.75) is 39.5 Å². The van der Waals surface area contributed by atoms with Gasteiger partial charge in [-0.25, -0.2) is 4.39 Å². The Labute approximate surface area is 183 Å². The first kappa shape index (κ1) is 23.7. The monoisotopic (exact) mass is 496 g/mol. The van der Waals surface area contributed by atoms with Gasteiger partial charge in [-0.05, 0) is 39.0 Å². The summed E-state index contributed by atoms with van der Waals surface area (Å²) in [5.41, 5.74) is 1.48. The molecule has 0 radical (unpaired) electrons. The summed E-state index contributed by atoms with van der Waals surface area (Å²) in [6, 6.07) is 14.2. The fraction of sp³-hybridized carbons (Fsp3) is 0.333. The lowest BCUT2D eigenvalue weighted by molar-refractivity contribution is 0.129. The lowest BCUT2D eigenvalue weighted by Gasteiger charge is -2.23. The van der Waals surface area contributed by atoms with Crippen molar-refractivity contribution < 1.29 is 9.13 Å². The van der Waals surface area contributed by atoms with Crippen molar-refractivity contribution in [2.24, 2.45) is 4.99 Å². The topological polar surface area (TPSA) is 69.4 Å². The summed E-state index contributed by atoms with van der Waals surface area (Å²) in [6.07, 6.45) is 0. The van der Waals surface area contributed by atoms with Gasteiger partial charge in [0, 0.05) is 31.3 Å². The van der Waals surface area contributed by atoms with Crippen LogP contribution in [0.4, 0.5) is 4.39 Å². The second kappa shape index (κ2) is 10.9. The Balaban J connectivity index is 0.00000392. The molecule has 0 heterocycles. The minimum Gasteiger partial charge on any atom is -0.488 e. The highest BCUT2D eigenvalue weighted by atomic mass is 127. The van der Waals surface area contributed by atoms with E-state index in [1.165, 1.54) is 6.07 Å². The van der Waals surface area contributed by atoms with Crippen LogP contribution in [0.15, 0.2) is 47.5 Å². The van der Waals surface area contributed by atoms with Gasteiger partial charge in [-0.3, -0.25) is 4.99 Å². The maximum absolute atomic E-state index is 14.0. The Kier molecular flexibility index (Phi) is 9.19. The summed E-state index contributed by atoms with van der Waals surface area (Å²) in [7, 11) is 1.65. The summed E-state index contributed by atoms with van der Waals surface area (Å²) in [5.74, 6) is 0.941. The van der Waals surface area contributed by atoms with E-state index in [4.69, 9.17) is 10.00 Å². The van der Waals surface area contributed by atoms with E-state index in [0.717, 1.165) is 11.3 Å². The predicted molar refractivity (Wildman–Crippen MR) is 120 cm³/mol. The highest BCUT2D eigenvalue weighted by Gasteiger charge is 2.14. The van der Waals surface area contributed by atoms with Crippen molar-refractivity contribution in [3.05, 3.63) is 65.0 Å². The van der Waals surface area contributed by atoms with Gasteiger partial charge in [-0.1, -0.05) is 24.3 Å². The van der Waals surface area contributed by atoms with Crippen molar-refractivity contribution >= 4 is 29.9 Å². The minimum atomic E-state index is -0.416. The van der Waals surface area contributed by atoms with E-state index in [2.05, 4.69) is 15.6 Å². The van der Waals surface area contributed by atoms with E-state index in [1.807, 2.05) is 51.1 Å². The number of guanidine groups is 1. The number of aliphatic imine (C=N–C) groups is 1. The molecule has 0 spiro atoms. The Morgan fingerprint density at radius 2 is 1.75 bits per heavy atom. The van der Waals surface area contributed by atoms with Crippen LogP contribution in [-0.2, 0) is 13.1 Å². The van der Waals surface area contributed by atoms with Gasteiger partial charge in [0.25, 0.3) is 0 Å². The number of para-hydroxylation sites is 1. The van der Waals surface area contributed by atoms with Gasteiger partial charge in [-0.15, -0.1) is 24.0 Å². The van der Waals surface area contributed by atoms with Crippen LogP contribution in [0.5, 0.6) is 5.75 Å². The molecule has 0 unspecified atom stereocenters. The standard InChI is InChI=1S/C21H25FN4O.HI/c1-21(2,3)27-19-8-6-5-7-17(19)14-26-20(24-4)25-13-16-10-9-15(12-23)11-18(16)22;/h5-11H,13-14H2,1-4H3,(H2,24,25,26);1H. The fourth-order valence-corrected chi connectivity index (χ4v) is 2.42. The number of rotatable bonds is 5. The molecule has 7 heteroatoms. The Hall–Kier alpha value is -2.34. The van der Waals surface area contributed by atoms with E-state index in [0.29, 0.717) is 23.6 Å². The maximum Gasteiger partial charge on any atom is 0.191 e. The Bertz CT molecular complexity index is 856. The van der Waals surface area contributed by atoms with Crippen LogP contribution in [-0.4, -0.2) is 18.6 Å². The first-order valence-electron chi connectivity index (χ1n) is 8.72. The van der Waals surface area contributed by atoms with E-state index in [1.54, 1.807) is 19.2 Å². The Morgan fingerprint density at radius 1 is 1.11 bits per heavy atom. The Morgan fingerprint density at radius 3 is 2.32 bits per heavy atom. The average molecular weight is 496 g/mol. The van der Waals surface area contributed by atoms with E-state index < -0.39 is 5.82 Å². The van der Waals surface area contributed by atoms with Gasteiger partial charge in [-0.2, -0.15) is 5.26 Å². The highest BCUT2D eigenvalue weighted by molar-refractivity contribution is 14.0.